The Kier molecular flexibility index (Phi) is 6.42. The quantitative estimate of drug-likeness (QED) is 0.808. The minimum Gasteiger partial charge on any atom is -0.372 e. The lowest BCUT2D eigenvalue weighted by Crippen LogP contribution is -2.35. The molecule has 1 atom stereocenters. The fraction of sp³-hybridized carbons (Fsp3) is 0.615. The van der Waals surface area contributed by atoms with Gasteiger partial charge in [-0.25, -0.2) is 13.4 Å². The van der Waals surface area contributed by atoms with Gasteiger partial charge in [-0.1, -0.05) is 27.2 Å². The summed E-state index contributed by atoms with van der Waals surface area (Å²) in [6.07, 6.45) is 2.53. The van der Waals surface area contributed by atoms with Gasteiger partial charge in [-0.2, -0.15) is 4.31 Å². The summed E-state index contributed by atoms with van der Waals surface area (Å²) < 4.78 is 27.7. The third-order valence-corrected chi connectivity index (χ3v) is 5.63. The Labute approximate surface area is 130 Å². The summed E-state index contributed by atoms with van der Waals surface area (Å²) in [5.41, 5.74) is 0. The van der Waals surface area contributed by atoms with Crippen molar-refractivity contribution in [2.24, 2.45) is 5.92 Å². The fourth-order valence-electron chi connectivity index (χ4n) is 1.82. The van der Waals surface area contributed by atoms with Gasteiger partial charge in [0.2, 0.25) is 10.0 Å². The van der Waals surface area contributed by atoms with E-state index in [1.165, 1.54) is 4.31 Å². The predicted octanol–water partition coefficient (Wildman–Crippen LogP) is 2.94. The molecule has 5 nitrogen and oxygen atoms in total. The number of nitrogens with one attached hydrogen (secondary N) is 1. The van der Waals surface area contributed by atoms with Crippen LogP contribution >= 0.6 is 15.9 Å². The molecule has 1 unspecified atom stereocenters. The molecule has 1 aromatic heterocycles. The molecule has 0 spiro atoms. The molecular formula is C13H22BrN3O2S. The number of nitrogens with zero attached hydrogens (tertiary/aromatic N) is 2. The number of halogens is 1. The second-order valence-corrected chi connectivity index (χ2v) is 7.54. The number of aromatic nitrogens is 1. The van der Waals surface area contributed by atoms with E-state index in [-0.39, 0.29) is 4.90 Å². The minimum absolute atomic E-state index is 0.208. The van der Waals surface area contributed by atoms with E-state index in [9.17, 15) is 8.42 Å². The van der Waals surface area contributed by atoms with Crippen LogP contribution in [0.25, 0.3) is 0 Å². The van der Waals surface area contributed by atoms with Gasteiger partial charge in [0.05, 0.1) is 0 Å². The molecule has 0 aliphatic heterocycles. The molecule has 1 N–H and O–H groups in total. The number of pyridine rings is 1. The average Bonchev–Trinajstić information content (AvgIpc) is 2.44. The third kappa shape index (κ3) is 3.93. The lowest BCUT2D eigenvalue weighted by molar-refractivity contribution is 0.361. The minimum atomic E-state index is -3.54. The fourth-order valence-corrected chi connectivity index (χ4v) is 4.04. The Bertz CT molecular complexity index is 549. The lowest BCUT2D eigenvalue weighted by atomic mass is 10.1. The van der Waals surface area contributed by atoms with Gasteiger partial charge in [0.15, 0.2) is 0 Å². The summed E-state index contributed by atoms with van der Waals surface area (Å²) in [6.45, 7) is 6.93. The molecule has 0 radical (unpaired) electrons. The molecule has 0 saturated heterocycles. The molecule has 114 valence electrons. The first-order valence-electron chi connectivity index (χ1n) is 6.70. The number of anilines is 1. The summed E-state index contributed by atoms with van der Waals surface area (Å²) in [6, 6.07) is 1.59. The van der Waals surface area contributed by atoms with Crippen LogP contribution in [0.15, 0.2) is 21.6 Å². The molecule has 1 rings (SSSR count). The van der Waals surface area contributed by atoms with Gasteiger partial charge < -0.3 is 5.32 Å². The van der Waals surface area contributed by atoms with E-state index < -0.39 is 10.0 Å². The smallest absolute Gasteiger partial charge is 0.246 e. The van der Waals surface area contributed by atoms with Crippen molar-refractivity contribution in [3.63, 3.8) is 0 Å². The molecule has 0 amide bonds. The maximum absolute atomic E-state index is 12.8. The van der Waals surface area contributed by atoms with Gasteiger partial charge in [-0.3, -0.25) is 0 Å². The number of rotatable bonds is 7. The van der Waals surface area contributed by atoms with Gasteiger partial charge in [0.1, 0.15) is 10.7 Å². The first kappa shape index (κ1) is 17.4. The van der Waals surface area contributed by atoms with Crippen molar-refractivity contribution >= 4 is 31.8 Å². The lowest BCUT2D eigenvalue weighted by Gasteiger charge is -2.24. The van der Waals surface area contributed by atoms with Gasteiger partial charge in [-0.15, -0.1) is 0 Å². The maximum Gasteiger partial charge on any atom is 0.246 e. The van der Waals surface area contributed by atoms with Crippen LogP contribution in [0, 0.1) is 5.92 Å². The van der Waals surface area contributed by atoms with E-state index in [0.717, 1.165) is 6.42 Å². The highest BCUT2D eigenvalue weighted by Gasteiger charge is 2.27. The summed E-state index contributed by atoms with van der Waals surface area (Å²) >= 11 is 3.28. The normalized spacial score (nSPS) is 13.5. The van der Waals surface area contributed by atoms with E-state index >= 15 is 0 Å². The monoisotopic (exact) mass is 363 g/mol. The van der Waals surface area contributed by atoms with Crippen LogP contribution in [0.3, 0.4) is 0 Å². The molecule has 1 heterocycles. The zero-order valence-corrected chi connectivity index (χ0v) is 14.8. The van der Waals surface area contributed by atoms with Crippen molar-refractivity contribution in [2.45, 2.75) is 32.1 Å². The number of hydrogen-bond donors (Lipinski definition) is 1. The number of hydrogen-bond acceptors (Lipinski definition) is 4. The van der Waals surface area contributed by atoms with Crippen LogP contribution in [0.1, 0.15) is 27.2 Å². The van der Waals surface area contributed by atoms with Crippen molar-refractivity contribution in [1.29, 1.82) is 0 Å². The summed E-state index contributed by atoms with van der Waals surface area (Å²) in [5.74, 6) is 0.693. The Balaban J connectivity index is 3.23. The Morgan fingerprint density at radius 3 is 2.60 bits per heavy atom. The largest absolute Gasteiger partial charge is 0.372 e. The Morgan fingerprint density at radius 2 is 2.10 bits per heavy atom. The van der Waals surface area contributed by atoms with Crippen molar-refractivity contribution in [1.82, 2.24) is 9.29 Å². The zero-order chi connectivity index (χ0) is 15.3. The standard InChI is InChI=1S/C13H22BrN3O2S/c1-5-10(3)9-17(6-2)20(18,19)12-7-11(14)8-16-13(12)15-4/h7-8,10H,5-6,9H2,1-4H3,(H,15,16). The first-order chi connectivity index (χ1) is 9.36. The van der Waals surface area contributed by atoms with Gasteiger partial charge in [-0.05, 0) is 27.9 Å². The summed E-state index contributed by atoms with van der Waals surface area (Å²) in [4.78, 5) is 4.32. The van der Waals surface area contributed by atoms with Crippen LogP contribution in [0.5, 0.6) is 0 Å². The van der Waals surface area contributed by atoms with E-state index in [1.807, 2.05) is 6.92 Å². The molecular weight excluding hydrogens is 342 g/mol. The van der Waals surface area contributed by atoms with Gasteiger partial charge >= 0.3 is 0 Å². The molecule has 0 bridgehead atoms. The summed E-state index contributed by atoms with van der Waals surface area (Å²) in [7, 11) is -1.88. The second-order valence-electron chi connectivity index (χ2n) is 4.72. The highest BCUT2D eigenvalue weighted by Crippen LogP contribution is 2.26. The van der Waals surface area contributed by atoms with E-state index in [0.29, 0.717) is 29.3 Å². The SMILES string of the molecule is CCC(C)CN(CC)S(=O)(=O)c1cc(Br)cnc1NC. The van der Waals surface area contributed by atoms with Crippen LogP contribution in [0.2, 0.25) is 0 Å². The molecule has 0 aliphatic rings. The van der Waals surface area contributed by atoms with Crippen LogP contribution in [-0.4, -0.2) is 37.8 Å². The maximum atomic E-state index is 12.8. The number of sulfonamides is 1. The highest BCUT2D eigenvalue weighted by atomic mass is 79.9. The first-order valence-corrected chi connectivity index (χ1v) is 8.93. The predicted molar refractivity (Wildman–Crippen MR) is 85.4 cm³/mol. The Morgan fingerprint density at radius 1 is 1.45 bits per heavy atom. The zero-order valence-electron chi connectivity index (χ0n) is 12.4. The molecule has 0 aromatic carbocycles. The van der Waals surface area contributed by atoms with Crippen LogP contribution in [-0.2, 0) is 10.0 Å². The third-order valence-electron chi connectivity index (χ3n) is 3.24. The topological polar surface area (TPSA) is 62.3 Å². The van der Waals surface area contributed by atoms with Crippen molar-refractivity contribution in [3.05, 3.63) is 16.7 Å². The Hall–Kier alpha value is -0.660. The molecule has 0 saturated carbocycles. The molecule has 20 heavy (non-hydrogen) atoms. The molecule has 0 fully saturated rings. The van der Waals surface area contributed by atoms with Gasteiger partial charge in [0.25, 0.3) is 0 Å². The average molecular weight is 364 g/mol. The molecule has 0 aliphatic carbocycles. The van der Waals surface area contributed by atoms with Gasteiger partial charge in [0, 0.05) is 30.8 Å². The van der Waals surface area contributed by atoms with Crippen LogP contribution in [0.4, 0.5) is 5.82 Å². The highest BCUT2D eigenvalue weighted by molar-refractivity contribution is 9.10. The van der Waals surface area contributed by atoms with Crippen molar-refractivity contribution in [3.8, 4) is 0 Å². The van der Waals surface area contributed by atoms with Crippen LogP contribution < -0.4 is 5.32 Å². The van der Waals surface area contributed by atoms with E-state index in [1.54, 1.807) is 19.3 Å². The second kappa shape index (κ2) is 7.38. The van der Waals surface area contributed by atoms with E-state index in [4.69, 9.17) is 0 Å². The van der Waals surface area contributed by atoms with Crippen molar-refractivity contribution < 1.29 is 8.42 Å². The molecule has 7 heteroatoms. The van der Waals surface area contributed by atoms with E-state index in [2.05, 4.69) is 40.1 Å². The van der Waals surface area contributed by atoms with Crippen molar-refractivity contribution in [2.75, 3.05) is 25.5 Å². The molecule has 1 aromatic rings. The summed E-state index contributed by atoms with van der Waals surface area (Å²) in [5, 5.41) is 2.84.